The Labute approximate surface area is 137 Å². The van der Waals surface area contributed by atoms with Gasteiger partial charge < -0.3 is 10.6 Å². The van der Waals surface area contributed by atoms with E-state index in [1.807, 2.05) is 6.92 Å². The van der Waals surface area contributed by atoms with Crippen LogP contribution >= 0.6 is 0 Å². The summed E-state index contributed by atoms with van der Waals surface area (Å²) >= 11 is 0. The van der Waals surface area contributed by atoms with E-state index in [0.717, 1.165) is 5.69 Å². The summed E-state index contributed by atoms with van der Waals surface area (Å²) < 4.78 is 0. The first-order chi connectivity index (χ1) is 11.5. The molecule has 1 amide bonds. The first kappa shape index (κ1) is 16.6. The summed E-state index contributed by atoms with van der Waals surface area (Å²) in [5.74, 6) is -0.626. The molecule has 8 nitrogen and oxygen atoms in total. The number of carbonyl (C=O) groups excluding carboxylic acids is 1. The van der Waals surface area contributed by atoms with Crippen molar-refractivity contribution >= 4 is 23.0 Å². The van der Waals surface area contributed by atoms with E-state index in [9.17, 15) is 14.9 Å². The molecule has 0 aliphatic heterocycles. The fourth-order valence-electron chi connectivity index (χ4n) is 1.72. The first-order valence-electron chi connectivity index (χ1n) is 6.85. The Bertz CT molecular complexity index is 820. The highest BCUT2D eigenvalue weighted by Gasteiger charge is 2.10. The van der Waals surface area contributed by atoms with E-state index in [0.29, 0.717) is 11.4 Å². The van der Waals surface area contributed by atoms with Crippen LogP contribution in [0, 0.1) is 28.4 Å². The van der Waals surface area contributed by atoms with Crippen molar-refractivity contribution in [3.63, 3.8) is 0 Å². The zero-order valence-electron chi connectivity index (χ0n) is 12.7. The second-order valence-corrected chi connectivity index (χ2v) is 4.76. The van der Waals surface area contributed by atoms with Gasteiger partial charge in [-0.15, -0.1) is 0 Å². The number of nitrogens with zero attached hydrogens (tertiary/aromatic N) is 3. The van der Waals surface area contributed by atoms with E-state index in [4.69, 9.17) is 5.26 Å². The third-order valence-electron chi connectivity index (χ3n) is 3.00. The lowest BCUT2D eigenvalue weighted by Crippen LogP contribution is -2.14. The molecule has 8 heteroatoms. The molecule has 1 aromatic heterocycles. The Kier molecular flexibility index (Phi) is 5.20. The van der Waals surface area contributed by atoms with Crippen LogP contribution in [-0.4, -0.2) is 15.8 Å². The number of nitriles is 1. The van der Waals surface area contributed by atoms with Gasteiger partial charge >= 0.3 is 0 Å². The maximum absolute atomic E-state index is 12.0. The van der Waals surface area contributed by atoms with Gasteiger partial charge in [0.25, 0.3) is 11.6 Å². The highest BCUT2D eigenvalue weighted by Crippen LogP contribution is 2.16. The Morgan fingerprint density at radius 1 is 1.25 bits per heavy atom. The zero-order chi connectivity index (χ0) is 17.5. The molecule has 0 unspecified atom stereocenters. The minimum Gasteiger partial charge on any atom is -0.359 e. The van der Waals surface area contributed by atoms with Gasteiger partial charge in [0.2, 0.25) is 0 Å². The standard InChI is InChI=1S/C16H13N5O3/c1-11-2-3-14(10-18-11)19-9-12(8-17)16(22)20-13-4-6-15(7-5-13)21(23)24/h2-7,9-10,19H,1H3,(H,20,22)/b12-9-. The van der Waals surface area contributed by atoms with Crippen molar-refractivity contribution in [2.45, 2.75) is 6.92 Å². The normalized spacial score (nSPS) is 10.6. The molecule has 0 saturated carbocycles. The molecular weight excluding hydrogens is 310 g/mol. The number of carbonyl (C=O) groups is 1. The summed E-state index contributed by atoms with van der Waals surface area (Å²) in [6.45, 7) is 1.85. The van der Waals surface area contributed by atoms with Crippen LogP contribution in [0.2, 0.25) is 0 Å². The van der Waals surface area contributed by atoms with E-state index in [1.54, 1.807) is 24.4 Å². The second-order valence-electron chi connectivity index (χ2n) is 4.76. The highest BCUT2D eigenvalue weighted by molar-refractivity contribution is 6.06. The van der Waals surface area contributed by atoms with Crippen molar-refractivity contribution in [3.8, 4) is 6.07 Å². The maximum atomic E-state index is 12.0. The summed E-state index contributed by atoms with van der Waals surface area (Å²) in [6, 6.07) is 10.7. The molecule has 24 heavy (non-hydrogen) atoms. The molecule has 0 atom stereocenters. The molecule has 0 fully saturated rings. The molecule has 0 spiro atoms. The van der Waals surface area contributed by atoms with Crippen LogP contribution in [0.5, 0.6) is 0 Å². The van der Waals surface area contributed by atoms with Gasteiger partial charge in [-0.2, -0.15) is 5.26 Å². The van der Waals surface area contributed by atoms with Gasteiger partial charge in [0.15, 0.2) is 0 Å². The number of anilines is 2. The van der Waals surface area contributed by atoms with Gasteiger partial charge in [0.1, 0.15) is 11.6 Å². The Morgan fingerprint density at radius 2 is 1.92 bits per heavy atom. The van der Waals surface area contributed by atoms with E-state index in [-0.39, 0.29) is 11.3 Å². The molecule has 1 heterocycles. The summed E-state index contributed by atoms with van der Waals surface area (Å²) in [7, 11) is 0. The van der Waals surface area contributed by atoms with Gasteiger partial charge in [0.05, 0.1) is 16.8 Å². The molecule has 0 aliphatic rings. The van der Waals surface area contributed by atoms with Gasteiger partial charge in [-0.1, -0.05) is 0 Å². The number of nitrogens with one attached hydrogen (secondary N) is 2. The van der Waals surface area contributed by atoms with Crippen molar-refractivity contribution in [2.75, 3.05) is 10.6 Å². The number of non-ortho nitro benzene ring substituents is 1. The number of benzene rings is 1. The molecule has 120 valence electrons. The average Bonchev–Trinajstić information content (AvgIpc) is 2.57. The summed E-state index contributed by atoms with van der Waals surface area (Å²) in [6.07, 6.45) is 2.85. The van der Waals surface area contributed by atoms with Crippen LogP contribution < -0.4 is 10.6 Å². The number of aromatic nitrogens is 1. The minimum atomic E-state index is -0.626. The predicted octanol–water partition coefficient (Wildman–Crippen LogP) is 2.76. The molecule has 2 rings (SSSR count). The maximum Gasteiger partial charge on any atom is 0.269 e. The van der Waals surface area contributed by atoms with Gasteiger partial charge in [-0.3, -0.25) is 19.9 Å². The lowest BCUT2D eigenvalue weighted by Gasteiger charge is -2.05. The van der Waals surface area contributed by atoms with Crippen LogP contribution in [-0.2, 0) is 4.79 Å². The van der Waals surface area contributed by atoms with Crippen LogP contribution in [0.3, 0.4) is 0 Å². The third kappa shape index (κ3) is 4.38. The molecule has 0 saturated heterocycles. The lowest BCUT2D eigenvalue weighted by molar-refractivity contribution is -0.384. The molecule has 2 N–H and O–H groups in total. The number of nitro benzene ring substituents is 1. The monoisotopic (exact) mass is 323 g/mol. The number of amides is 1. The van der Waals surface area contributed by atoms with Crippen molar-refractivity contribution in [3.05, 3.63) is 70.2 Å². The molecule has 0 aliphatic carbocycles. The fourth-order valence-corrected chi connectivity index (χ4v) is 1.72. The van der Waals surface area contributed by atoms with Gasteiger partial charge in [-0.25, -0.2) is 0 Å². The highest BCUT2D eigenvalue weighted by atomic mass is 16.6. The predicted molar refractivity (Wildman–Crippen MR) is 88.0 cm³/mol. The van der Waals surface area contributed by atoms with Crippen molar-refractivity contribution in [1.82, 2.24) is 4.98 Å². The van der Waals surface area contributed by atoms with Crippen LogP contribution in [0.25, 0.3) is 0 Å². The molecule has 0 bridgehead atoms. The minimum absolute atomic E-state index is 0.0856. The largest absolute Gasteiger partial charge is 0.359 e. The number of pyridine rings is 1. The van der Waals surface area contributed by atoms with E-state index < -0.39 is 10.8 Å². The van der Waals surface area contributed by atoms with E-state index in [2.05, 4.69) is 15.6 Å². The Hall–Kier alpha value is -3.73. The first-order valence-corrected chi connectivity index (χ1v) is 6.85. The van der Waals surface area contributed by atoms with Crippen molar-refractivity contribution in [1.29, 1.82) is 5.26 Å². The smallest absolute Gasteiger partial charge is 0.269 e. The quantitative estimate of drug-likeness (QED) is 0.378. The Morgan fingerprint density at radius 3 is 2.46 bits per heavy atom. The molecule has 1 aromatic carbocycles. The summed E-state index contributed by atoms with van der Waals surface area (Å²) in [5.41, 5.74) is 1.60. The SMILES string of the molecule is Cc1ccc(N/C=C(/C#N)C(=O)Nc2ccc([N+](=O)[O-])cc2)cn1. The fraction of sp³-hybridized carbons (Fsp3) is 0.0625. The average molecular weight is 323 g/mol. The summed E-state index contributed by atoms with van der Waals surface area (Å²) in [4.78, 5) is 26.2. The molecule has 2 aromatic rings. The number of aryl methyl sites for hydroxylation is 1. The van der Waals surface area contributed by atoms with Crippen molar-refractivity contribution < 1.29 is 9.72 Å². The third-order valence-corrected chi connectivity index (χ3v) is 3.00. The van der Waals surface area contributed by atoms with E-state index >= 15 is 0 Å². The number of rotatable bonds is 5. The van der Waals surface area contributed by atoms with Crippen molar-refractivity contribution in [2.24, 2.45) is 0 Å². The topological polar surface area (TPSA) is 121 Å². The lowest BCUT2D eigenvalue weighted by atomic mass is 10.2. The van der Waals surface area contributed by atoms with Crippen LogP contribution in [0.15, 0.2) is 54.4 Å². The van der Waals surface area contributed by atoms with Crippen LogP contribution in [0.1, 0.15) is 5.69 Å². The van der Waals surface area contributed by atoms with Gasteiger partial charge in [-0.05, 0) is 31.2 Å². The summed E-state index contributed by atoms with van der Waals surface area (Å²) in [5, 5.41) is 25.0. The zero-order valence-corrected chi connectivity index (χ0v) is 12.7. The Balaban J connectivity index is 2.05. The number of hydrogen-bond donors (Lipinski definition) is 2. The number of hydrogen-bond acceptors (Lipinski definition) is 6. The molecule has 0 radical (unpaired) electrons. The van der Waals surface area contributed by atoms with Gasteiger partial charge in [0, 0.05) is 29.7 Å². The second kappa shape index (κ2) is 7.51. The number of nitro groups is 1. The van der Waals surface area contributed by atoms with Crippen LogP contribution in [0.4, 0.5) is 17.1 Å². The van der Waals surface area contributed by atoms with E-state index in [1.165, 1.54) is 30.5 Å². The molecular formula is C16H13N5O3.